The summed E-state index contributed by atoms with van der Waals surface area (Å²) in [6.45, 7) is 24.1. The Morgan fingerprint density at radius 2 is 0.671 bits per heavy atom. The summed E-state index contributed by atoms with van der Waals surface area (Å²) in [6, 6.07) is 66.8. The van der Waals surface area contributed by atoms with Gasteiger partial charge in [-0.3, -0.25) is 0 Å². The van der Waals surface area contributed by atoms with Gasteiger partial charge in [-0.2, -0.15) is 0 Å². The smallest absolute Gasteiger partial charge is 0.262 e. The second kappa shape index (κ2) is 26.9. The van der Waals surface area contributed by atoms with Crippen molar-refractivity contribution in [1.82, 2.24) is 0 Å². The van der Waals surface area contributed by atoms with Crippen molar-refractivity contribution in [3.8, 4) is 0 Å². The van der Waals surface area contributed by atoms with E-state index in [9.17, 15) is 5.11 Å². The van der Waals surface area contributed by atoms with Crippen LogP contribution in [0, 0.1) is 0 Å². The van der Waals surface area contributed by atoms with Crippen LogP contribution in [-0.2, 0) is 13.3 Å². The molecular formula is C66H90O4Si3. The monoisotopic (exact) mass is 1030 g/mol. The molecule has 0 aliphatic heterocycles. The summed E-state index contributed by atoms with van der Waals surface area (Å²) in [5.74, 6) is 0. The Balaban J connectivity index is 1.64. The molecule has 0 aromatic heterocycles. The highest BCUT2D eigenvalue weighted by molar-refractivity contribution is 7.01. The normalized spacial score (nSPS) is 14.3. The number of hydrogen-bond acceptors (Lipinski definition) is 4. The Hall–Kier alpha value is -4.45. The zero-order valence-electron chi connectivity index (χ0n) is 46.4. The summed E-state index contributed by atoms with van der Waals surface area (Å²) in [7, 11) is -9.26. The van der Waals surface area contributed by atoms with Crippen LogP contribution in [0.2, 0.25) is 15.1 Å². The van der Waals surface area contributed by atoms with Crippen molar-refractivity contribution in [2.24, 2.45) is 0 Å². The Morgan fingerprint density at radius 1 is 0.370 bits per heavy atom. The molecule has 6 aromatic carbocycles. The van der Waals surface area contributed by atoms with Crippen LogP contribution >= 0.6 is 0 Å². The predicted molar refractivity (Wildman–Crippen MR) is 320 cm³/mol. The van der Waals surface area contributed by atoms with Gasteiger partial charge in [0.1, 0.15) is 0 Å². The zero-order valence-corrected chi connectivity index (χ0v) is 49.4. The maximum atomic E-state index is 9.53. The van der Waals surface area contributed by atoms with Gasteiger partial charge in [0, 0.05) is 6.61 Å². The third-order valence-corrected chi connectivity index (χ3v) is 30.2. The van der Waals surface area contributed by atoms with Gasteiger partial charge < -0.3 is 18.4 Å². The van der Waals surface area contributed by atoms with E-state index < -0.39 is 31.1 Å². The first-order valence-electron chi connectivity index (χ1n) is 27.7. The van der Waals surface area contributed by atoms with Gasteiger partial charge in [-0.05, 0) is 65.5 Å². The minimum absolute atomic E-state index is 0.202. The molecule has 0 heterocycles. The summed E-state index contributed by atoms with van der Waals surface area (Å²) in [4.78, 5) is 0. The number of rotatable bonds is 27. The molecule has 0 saturated heterocycles. The van der Waals surface area contributed by atoms with Crippen LogP contribution in [0.15, 0.2) is 194 Å². The Bertz CT molecular complexity index is 2360. The minimum Gasteiger partial charge on any atom is -0.402 e. The van der Waals surface area contributed by atoms with E-state index >= 15 is 0 Å². The first-order chi connectivity index (χ1) is 35.0. The van der Waals surface area contributed by atoms with Crippen LogP contribution in [0.4, 0.5) is 0 Å². The van der Waals surface area contributed by atoms with Gasteiger partial charge in [0.2, 0.25) is 0 Å². The molecule has 6 rings (SSSR count). The van der Waals surface area contributed by atoms with Crippen molar-refractivity contribution < 1.29 is 18.4 Å². The van der Waals surface area contributed by atoms with E-state index in [1.165, 1.54) is 31.1 Å². The lowest BCUT2D eigenvalue weighted by molar-refractivity contribution is 0.0607. The maximum absolute atomic E-state index is 9.53. The van der Waals surface area contributed by atoms with Crippen LogP contribution < -0.4 is 31.1 Å². The standard InChI is InChI=1S/C66H90O4Si3/c1-11-12-23-51-62(69-72(65(5,6)7,58-43-29-19-30-44-58)59-45-31-20-32-46-59)63(70-73(66(8,9)10,60-47-33-21-34-48-60)61-49-35-22-36-50-61)53-52-55(38-24-15-13-14-16-37-54-67)68-71(64(2,3)4,56-39-25-17-26-40-56)57-41-27-18-28-42-57/h17-22,25-36,39-50,52-53,55,62-63,67H,11-16,23-24,37-38,51,54H2,1-10H3/b53-52+/t55-,62-,63?/m0/s1. The second-order valence-corrected chi connectivity index (χ2v) is 36.2. The molecule has 0 spiro atoms. The first kappa shape index (κ1) is 57.8. The van der Waals surface area contributed by atoms with Gasteiger partial charge in [-0.25, -0.2) is 0 Å². The summed E-state index contributed by atoms with van der Waals surface area (Å²) < 4.78 is 25.1. The van der Waals surface area contributed by atoms with E-state index in [2.05, 4.69) is 263 Å². The molecule has 4 nitrogen and oxygen atoms in total. The number of benzene rings is 6. The lowest BCUT2D eigenvalue weighted by Gasteiger charge is -2.49. The zero-order chi connectivity index (χ0) is 52.4. The quantitative estimate of drug-likeness (QED) is 0.0317. The van der Waals surface area contributed by atoms with Crippen LogP contribution in [0.1, 0.15) is 140 Å². The molecular weight excluding hydrogens is 941 g/mol. The van der Waals surface area contributed by atoms with E-state index in [0.29, 0.717) is 0 Å². The SMILES string of the molecule is CCCCC[C@H](O[Si](c1ccccc1)(c1ccccc1)C(C)(C)C)C(/C=C/[C@H](CCCCCCCCO)O[Si](c1ccccc1)(c1ccccc1)C(C)(C)C)O[Si](c1ccccc1)(c1ccccc1)C(C)(C)C. The fourth-order valence-electron chi connectivity index (χ4n) is 11.4. The summed E-state index contributed by atoms with van der Waals surface area (Å²) in [5.41, 5.74) is 0. The van der Waals surface area contributed by atoms with Crippen LogP contribution in [0.25, 0.3) is 0 Å². The summed E-state index contributed by atoms with van der Waals surface area (Å²) >= 11 is 0. The highest BCUT2D eigenvalue weighted by atomic mass is 28.4. The van der Waals surface area contributed by atoms with Crippen molar-refractivity contribution in [1.29, 1.82) is 0 Å². The van der Waals surface area contributed by atoms with Crippen LogP contribution in [0.5, 0.6) is 0 Å². The van der Waals surface area contributed by atoms with Gasteiger partial charge in [0.25, 0.3) is 25.0 Å². The van der Waals surface area contributed by atoms with E-state index in [0.717, 1.165) is 70.6 Å². The fourth-order valence-corrected chi connectivity index (χ4v) is 25.5. The topological polar surface area (TPSA) is 47.9 Å². The van der Waals surface area contributed by atoms with Crippen molar-refractivity contribution in [2.75, 3.05) is 6.61 Å². The van der Waals surface area contributed by atoms with Crippen molar-refractivity contribution in [3.63, 3.8) is 0 Å². The second-order valence-electron chi connectivity index (χ2n) is 23.4. The summed E-state index contributed by atoms with van der Waals surface area (Å²) in [5, 5.41) is 16.4. The molecule has 7 heteroatoms. The number of aliphatic hydroxyl groups is 1. The molecule has 0 aliphatic rings. The third kappa shape index (κ3) is 13.9. The summed E-state index contributed by atoms with van der Waals surface area (Å²) in [6.07, 6.45) is 15.2. The van der Waals surface area contributed by atoms with E-state index in [4.69, 9.17) is 13.3 Å². The largest absolute Gasteiger partial charge is 0.402 e. The number of unbranched alkanes of at least 4 members (excludes halogenated alkanes) is 7. The Kier molecular flexibility index (Phi) is 21.3. The van der Waals surface area contributed by atoms with E-state index in [1.54, 1.807) is 0 Å². The molecule has 0 aliphatic carbocycles. The highest BCUT2D eigenvalue weighted by Gasteiger charge is 2.56. The van der Waals surface area contributed by atoms with Gasteiger partial charge in [0.15, 0.2) is 0 Å². The minimum atomic E-state index is -3.17. The van der Waals surface area contributed by atoms with E-state index in [1.807, 2.05) is 0 Å². The molecule has 73 heavy (non-hydrogen) atoms. The fraction of sp³-hybridized carbons (Fsp3) is 0.424. The molecule has 0 amide bonds. The molecule has 0 bridgehead atoms. The first-order valence-corrected chi connectivity index (χ1v) is 33.4. The molecule has 0 radical (unpaired) electrons. The van der Waals surface area contributed by atoms with Gasteiger partial charge in [-0.15, -0.1) is 0 Å². The average molecular weight is 1030 g/mol. The van der Waals surface area contributed by atoms with E-state index in [-0.39, 0.29) is 33.9 Å². The van der Waals surface area contributed by atoms with Crippen molar-refractivity contribution in [2.45, 2.75) is 173 Å². The average Bonchev–Trinajstić information content (AvgIpc) is 3.39. The number of aliphatic hydroxyl groups excluding tert-OH is 1. The van der Waals surface area contributed by atoms with Crippen molar-refractivity contribution in [3.05, 3.63) is 194 Å². The lowest BCUT2D eigenvalue weighted by atomic mass is 10.0. The molecule has 1 unspecified atom stereocenters. The van der Waals surface area contributed by atoms with Gasteiger partial charge in [0.05, 0.1) is 18.3 Å². The number of hydrogen-bond donors (Lipinski definition) is 1. The molecule has 1 N–H and O–H groups in total. The Morgan fingerprint density at radius 3 is 1.00 bits per heavy atom. The molecule has 3 atom stereocenters. The van der Waals surface area contributed by atoms with Gasteiger partial charge in [-0.1, -0.05) is 315 Å². The molecule has 0 fully saturated rings. The molecule has 6 aromatic rings. The predicted octanol–water partition coefficient (Wildman–Crippen LogP) is 13.7. The molecule has 0 saturated carbocycles. The third-order valence-electron chi connectivity index (χ3n) is 15.1. The van der Waals surface area contributed by atoms with Gasteiger partial charge >= 0.3 is 0 Å². The Labute approximate surface area is 446 Å². The van der Waals surface area contributed by atoms with Crippen molar-refractivity contribution >= 4 is 56.1 Å². The van der Waals surface area contributed by atoms with Crippen LogP contribution in [0.3, 0.4) is 0 Å². The maximum Gasteiger partial charge on any atom is 0.262 e. The highest BCUT2D eigenvalue weighted by Crippen LogP contribution is 2.43. The molecule has 390 valence electrons. The van der Waals surface area contributed by atoms with Crippen LogP contribution in [-0.4, -0.2) is 55.0 Å². The lowest BCUT2D eigenvalue weighted by Crippen LogP contribution is -2.71.